The third kappa shape index (κ3) is 4.18. The van der Waals surface area contributed by atoms with E-state index in [1.807, 2.05) is 11.4 Å². The van der Waals surface area contributed by atoms with Crippen molar-refractivity contribution in [1.29, 1.82) is 0 Å². The van der Waals surface area contributed by atoms with Gasteiger partial charge in [0.2, 0.25) is 5.91 Å². The summed E-state index contributed by atoms with van der Waals surface area (Å²) >= 11 is 7.81. The Morgan fingerprint density at radius 2 is 2.12 bits per heavy atom. The Morgan fingerprint density at radius 1 is 1.38 bits per heavy atom. The highest BCUT2D eigenvalue weighted by molar-refractivity contribution is 9.10. The van der Waals surface area contributed by atoms with E-state index in [2.05, 4.69) is 41.9 Å². The number of anilines is 1. The van der Waals surface area contributed by atoms with Crippen LogP contribution in [-0.2, 0) is 15.0 Å². The van der Waals surface area contributed by atoms with E-state index in [4.69, 9.17) is 0 Å². The molecule has 0 spiro atoms. The van der Waals surface area contributed by atoms with Gasteiger partial charge in [0.05, 0.1) is 10.5 Å². The predicted octanol–water partition coefficient (Wildman–Crippen LogP) is 3.63. The maximum absolute atomic E-state index is 13.3. The molecule has 3 rings (SSSR count). The van der Waals surface area contributed by atoms with E-state index in [0.29, 0.717) is 5.69 Å². The normalized spacial score (nSPS) is 22.9. The summed E-state index contributed by atoms with van der Waals surface area (Å²) in [5.41, 5.74) is 0.378. The number of benzene rings is 1. The molecule has 2 atom stereocenters. The molecule has 1 aliphatic heterocycles. The van der Waals surface area contributed by atoms with E-state index >= 15 is 0 Å². The largest absolute Gasteiger partial charge is 0.325 e. The van der Waals surface area contributed by atoms with Gasteiger partial charge in [0.15, 0.2) is 0 Å². The molecule has 0 saturated carbocycles. The van der Waals surface area contributed by atoms with E-state index < -0.39 is 34.0 Å². The zero-order chi connectivity index (χ0) is 19.1. The van der Waals surface area contributed by atoms with Crippen LogP contribution in [0.1, 0.15) is 17.3 Å². The maximum Gasteiger partial charge on any atom is 0.280 e. The Hall–Kier alpha value is -0.850. The molecular formula is C15H14Br2FN3O3S2. The smallest absolute Gasteiger partial charge is 0.280 e. The van der Waals surface area contributed by atoms with E-state index in [9.17, 15) is 17.6 Å². The van der Waals surface area contributed by atoms with Crippen LogP contribution >= 0.6 is 43.2 Å². The van der Waals surface area contributed by atoms with Crippen molar-refractivity contribution in [3.63, 3.8) is 0 Å². The average molecular weight is 527 g/mol. The second kappa shape index (κ2) is 7.64. The topological polar surface area (TPSA) is 78.5 Å². The number of likely N-dealkylation sites (N-methyl/N-ethyl adjacent to an activating group) is 1. The molecule has 1 amide bonds. The summed E-state index contributed by atoms with van der Waals surface area (Å²) in [6, 6.07) is 4.50. The van der Waals surface area contributed by atoms with Crippen molar-refractivity contribution < 1.29 is 17.6 Å². The van der Waals surface area contributed by atoms with Gasteiger partial charge in [0.25, 0.3) is 10.2 Å². The fraction of sp³-hybridized carbons (Fsp3) is 0.267. The lowest BCUT2D eigenvalue weighted by molar-refractivity contribution is -0.120. The Kier molecular flexibility index (Phi) is 5.85. The summed E-state index contributed by atoms with van der Waals surface area (Å²) in [5, 5.41) is 4.50. The fourth-order valence-corrected chi connectivity index (χ4v) is 5.84. The lowest BCUT2D eigenvalue weighted by atomic mass is 10.1. The monoisotopic (exact) mass is 525 g/mol. The Labute approximate surface area is 171 Å². The van der Waals surface area contributed by atoms with E-state index in [1.165, 1.54) is 36.6 Å². The highest BCUT2D eigenvalue weighted by atomic mass is 79.9. The van der Waals surface area contributed by atoms with Crippen molar-refractivity contribution in [2.75, 3.05) is 12.4 Å². The lowest BCUT2D eigenvalue weighted by Crippen LogP contribution is -2.55. The number of hydrogen-bond acceptors (Lipinski definition) is 4. The van der Waals surface area contributed by atoms with E-state index in [1.54, 1.807) is 0 Å². The first-order valence-corrected chi connectivity index (χ1v) is 11.3. The lowest BCUT2D eigenvalue weighted by Gasteiger charge is -2.35. The molecule has 0 aliphatic carbocycles. The zero-order valence-electron chi connectivity index (χ0n) is 13.4. The van der Waals surface area contributed by atoms with Gasteiger partial charge in [-0.1, -0.05) is 0 Å². The molecule has 0 unspecified atom stereocenters. The fourth-order valence-electron chi connectivity index (χ4n) is 2.61. The van der Waals surface area contributed by atoms with Crippen LogP contribution in [0.2, 0.25) is 0 Å². The molecule has 1 saturated heterocycles. The summed E-state index contributed by atoms with van der Waals surface area (Å²) in [6.45, 7) is 0. The molecule has 1 aliphatic rings. The first kappa shape index (κ1) is 19.9. The highest BCUT2D eigenvalue weighted by Crippen LogP contribution is 2.33. The minimum Gasteiger partial charge on any atom is -0.325 e. The molecule has 0 bridgehead atoms. The van der Waals surface area contributed by atoms with Crippen molar-refractivity contribution >= 4 is 65.0 Å². The van der Waals surface area contributed by atoms with Crippen LogP contribution in [0.3, 0.4) is 0 Å². The number of nitrogens with zero attached hydrogens (tertiary/aromatic N) is 1. The van der Waals surface area contributed by atoms with Gasteiger partial charge < -0.3 is 5.32 Å². The van der Waals surface area contributed by atoms with Gasteiger partial charge in [-0.15, -0.1) is 11.3 Å². The van der Waals surface area contributed by atoms with Gasteiger partial charge in [-0.2, -0.15) is 17.4 Å². The Balaban J connectivity index is 1.83. The average Bonchev–Trinajstić information content (AvgIpc) is 2.99. The molecule has 6 nitrogen and oxygen atoms in total. The zero-order valence-corrected chi connectivity index (χ0v) is 18.2. The van der Waals surface area contributed by atoms with Crippen LogP contribution in [0.25, 0.3) is 0 Å². The van der Waals surface area contributed by atoms with Crippen LogP contribution in [0.5, 0.6) is 0 Å². The quantitative estimate of drug-likeness (QED) is 0.641. The summed E-state index contributed by atoms with van der Waals surface area (Å²) in [5.74, 6) is -0.926. The van der Waals surface area contributed by atoms with Crippen LogP contribution in [0, 0.1) is 5.82 Å². The maximum atomic E-state index is 13.3. The summed E-state index contributed by atoms with van der Waals surface area (Å²) in [7, 11) is -2.45. The van der Waals surface area contributed by atoms with Crippen molar-refractivity contribution in [3.05, 3.63) is 49.3 Å². The molecule has 1 fully saturated rings. The summed E-state index contributed by atoms with van der Waals surface area (Å²) in [6.07, 6.45) is 0.275. The molecule has 2 N–H and O–H groups in total. The van der Waals surface area contributed by atoms with Crippen LogP contribution < -0.4 is 10.0 Å². The van der Waals surface area contributed by atoms with Gasteiger partial charge in [-0.05, 0) is 62.5 Å². The third-order valence-corrected chi connectivity index (χ3v) is 8.00. The minimum absolute atomic E-state index is 0.211. The van der Waals surface area contributed by atoms with Crippen LogP contribution in [-0.4, -0.2) is 31.7 Å². The number of nitrogens with one attached hydrogen (secondary N) is 2. The summed E-state index contributed by atoms with van der Waals surface area (Å²) in [4.78, 5) is 13.5. The van der Waals surface area contributed by atoms with Gasteiger partial charge in [0.1, 0.15) is 11.9 Å². The molecule has 2 heterocycles. The number of rotatable bonds is 3. The standard InChI is InChI=1S/C15H14Br2FN3O3S2/c1-21-13(15(22)19-9-2-3-11(18)10(17)5-9)6-12(20-26(21,23)24)14-4-8(16)7-25-14/h2-5,7,12-13,20H,6H2,1H3,(H,19,22)/t12-,13+/m0/s1. The minimum atomic E-state index is -3.81. The van der Waals surface area contributed by atoms with Gasteiger partial charge in [-0.3, -0.25) is 4.79 Å². The molecule has 26 heavy (non-hydrogen) atoms. The molecule has 1 aromatic heterocycles. The predicted molar refractivity (Wildman–Crippen MR) is 106 cm³/mol. The number of halogens is 3. The van der Waals surface area contributed by atoms with Crippen LogP contribution in [0.15, 0.2) is 38.6 Å². The van der Waals surface area contributed by atoms with Crippen molar-refractivity contribution in [3.8, 4) is 0 Å². The van der Waals surface area contributed by atoms with E-state index in [0.717, 1.165) is 13.7 Å². The number of carbonyl (C=O) groups excluding carboxylic acids is 1. The number of thiophene rings is 1. The van der Waals surface area contributed by atoms with Gasteiger partial charge in [-0.25, -0.2) is 4.39 Å². The Bertz CT molecular complexity index is 951. The summed E-state index contributed by atoms with van der Waals surface area (Å²) < 4.78 is 42.8. The van der Waals surface area contributed by atoms with Gasteiger partial charge in [0, 0.05) is 27.5 Å². The van der Waals surface area contributed by atoms with Crippen molar-refractivity contribution in [2.24, 2.45) is 0 Å². The molecule has 0 radical (unpaired) electrons. The Morgan fingerprint density at radius 3 is 2.73 bits per heavy atom. The molecule has 1 aromatic carbocycles. The molecule has 140 valence electrons. The third-order valence-electron chi connectivity index (χ3n) is 3.99. The second-order valence-corrected chi connectivity index (χ2v) is 10.2. The first-order valence-electron chi connectivity index (χ1n) is 7.42. The number of amides is 1. The molecule has 2 aromatic rings. The highest BCUT2D eigenvalue weighted by Gasteiger charge is 2.41. The first-order chi connectivity index (χ1) is 12.2. The molecular weight excluding hydrogens is 513 g/mol. The van der Waals surface area contributed by atoms with Crippen LogP contribution in [0.4, 0.5) is 10.1 Å². The number of carbonyl (C=O) groups is 1. The number of hydrogen-bond donors (Lipinski definition) is 2. The second-order valence-electron chi connectivity index (χ2n) is 5.73. The van der Waals surface area contributed by atoms with Gasteiger partial charge >= 0.3 is 0 Å². The van der Waals surface area contributed by atoms with E-state index in [-0.39, 0.29) is 10.9 Å². The SMILES string of the molecule is CN1[C@@H](C(=O)Nc2ccc(F)c(Br)c2)C[C@@H](c2cc(Br)cs2)NS1(=O)=O. The van der Waals surface area contributed by atoms with Crippen molar-refractivity contribution in [1.82, 2.24) is 9.03 Å². The van der Waals surface area contributed by atoms with Crippen molar-refractivity contribution in [2.45, 2.75) is 18.5 Å². The molecule has 11 heteroatoms.